The molecule has 92 valence electrons. The van der Waals surface area contributed by atoms with Crippen LogP contribution in [0.15, 0.2) is 24.5 Å². The van der Waals surface area contributed by atoms with Crippen LogP contribution >= 0.6 is 11.6 Å². The molecule has 1 fully saturated rings. The van der Waals surface area contributed by atoms with Gasteiger partial charge in [-0.2, -0.15) is 0 Å². The molecule has 1 heterocycles. The standard InChI is InChI=1S/C13H17ClN2O/c14-7-2-10-16(12-3-1-4-12)13(17)11-5-8-15-9-6-11/h5-6,8-9,12H,1-4,7,10H2. The molecule has 17 heavy (non-hydrogen) atoms. The van der Waals surface area contributed by atoms with Crippen molar-refractivity contribution in [3.63, 3.8) is 0 Å². The average molecular weight is 253 g/mol. The number of nitrogens with zero attached hydrogens (tertiary/aromatic N) is 2. The number of carbonyl (C=O) groups is 1. The summed E-state index contributed by atoms with van der Waals surface area (Å²) in [6.45, 7) is 0.759. The molecule has 1 aliphatic carbocycles. The van der Waals surface area contributed by atoms with Gasteiger partial charge in [0.1, 0.15) is 0 Å². The van der Waals surface area contributed by atoms with Gasteiger partial charge in [0.2, 0.25) is 0 Å². The molecule has 2 rings (SSSR count). The second kappa shape index (κ2) is 6.01. The Morgan fingerprint density at radius 1 is 1.41 bits per heavy atom. The molecule has 0 spiro atoms. The molecule has 3 nitrogen and oxygen atoms in total. The lowest BCUT2D eigenvalue weighted by atomic mass is 9.91. The number of hydrogen-bond acceptors (Lipinski definition) is 2. The maximum Gasteiger partial charge on any atom is 0.254 e. The Morgan fingerprint density at radius 3 is 2.65 bits per heavy atom. The highest BCUT2D eigenvalue weighted by Crippen LogP contribution is 2.26. The number of amides is 1. The predicted octanol–water partition coefficient (Wildman–Crippen LogP) is 2.71. The van der Waals surface area contributed by atoms with Crippen LogP contribution in [0.5, 0.6) is 0 Å². The Hall–Kier alpha value is -1.09. The first-order valence-corrected chi connectivity index (χ1v) is 6.63. The fraction of sp³-hybridized carbons (Fsp3) is 0.538. The Balaban J connectivity index is 2.06. The average Bonchev–Trinajstić information content (AvgIpc) is 2.32. The van der Waals surface area contributed by atoms with Crippen molar-refractivity contribution in [2.45, 2.75) is 31.7 Å². The van der Waals surface area contributed by atoms with Crippen LogP contribution in [0, 0.1) is 0 Å². The molecule has 0 bridgehead atoms. The van der Waals surface area contributed by atoms with E-state index < -0.39 is 0 Å². The lowest BCUT2D eigenvalue weighted by molar-refractivity contribution is 0.0580. The first-order valence-electron chi connectivity index (χ1n) is 6.10. The topological polar surface area (TPSA) is 33.2 Å². The molecule has 0 saturated heterocycles. The zero-order valence-corrected chi connectivity index (χ0v) is 10.6. The van der Waals surface area contributed by atoms with Crippen LogP contribution in [0.3, 0.4) is 0 Å². The van der Waals surface area contributed by atoms with Gasteiger partial charge in [0, 0.05) is 36.4 Å². The van der Waals surface area contributed by atoms with Gasteiger partial charge in [-0.15, -0.1) is 11.6 Å². The second-order valence-corrected chi connectivity index (χ2v) is 4.74. The second-order valence-electron chi connectivity index (χ2n) is 4.36. The van der Waals surface area contributed by atoms with Crippen LogP contribution < -0.4 is 0 Å². The van der Waals surface area contributed by atoms with Crippen molar-refractivity contribution in [3.05, 3.63) is 30.1 Å². The van der Waals surface area contributed by atoms with E-state index in [-0.39, 0.29) is 5.91 Å². The van der Waals surface area contributed by atoms with Gasteiger partial charge >= 0.3 is 0 Å². The number of aromatic nitrogens is 1. The minimum absolute atomic E-state index is 0.113. The van der Waals surface area contributed by atoms with E-state index in [4.69, 9.17) is 11.6 Å². The van der Waals surface area contributed by atoms with Gasteiger partial charge in [0.05, 0.1) is 0 Å². The van der Waals surface area contributed by atoms with Crippen molar-refractivity contribution in [2.75, 3.05) is 12.4 Å². The van der Waals surface area contributed by atoms with E-state index in [9.17, 15) is 4.79 Å². The summed E-state index contributed by atoms with van der Waals surface area (Å²) >= 11 is 5.71. The molecule has 0 N–H and O–H groups in total. The van der Waals surface area contributed by atoms with E-state index in [1.165, 1.54) is 6.42 Å². The summed E-state index contributed by atoms with van der Waals surface area (Å²) in [5.74, 6) is 0.717. The highest BCUT2D eigenvalue weighted by atomic mass is 35.5. The van der Waals surface area contributed by atoms with Gasteiger partial charge in [-0.25, -0.2) is 0 Å². The van der Waals surface area contributed by atoms with E-state index in [1.807, 2.05) is 4.90 Å². The molecule has 0 aromatic carbocycles. The molecular weight excluding hydrogens is 236 g/mol. The van der Waals surface area contributed by atoms with Crippen molar-refractivity contribution in [1.82, 2.24) is 9.88 Å². The van der Waals surface area contributed by atoms with Crippen molar-refractivity contribution in [1.29, 1.82) is 0 Å². The molecule has 1 saturated carbocycles. The molecule has 0 radical (unpaired) electrons. The first kappa shape index (κ1) is 12.4. The third kappa shape index (κ3) is 2.97. The summed E-state index contributed by atoms with van der Waals surface area (Å²) in [6, 6.07) is 3.96. The number of halogens is 1. The van der Waals surface area contributed by atoms with Gasteiger partial charge in [-0.1, -0.05) is 0 Å². The summed E-state index contributed by atoms with van der Waals surface area (Å²) in [7, 11) is 0. The fourth-order valence-corrected chi connectivity index (χ4v) is 2.16. The zero-order chi connectivity index (χ0) is 12.1. The number of pyridine rings is 1. The van der Waals surface area contributed by atoms with Crippen LogP contribution in [0.25, 0.3) is 0 Å². The minimum Gasteiger partial charge on any atom is -0.336 e. The van der Waals surface area contributed by atoms with Crippen LogP contribution in [-0.4, -0.2) is 34.3 Å². The van der Waals surface area contributed by atoms with Crippen LogP contribution in [0.1, 0.15) is 36.0 Å². The summed E-state index contributed by atoms with van der Waals surface area (Å²) < 4.78 is 0. The molecule has 1 aromatic rings. The van der Waals surface area contributed by atoms with Gasteiger partial charge in [0.15, 0.2) is 0 Å². The Kier molecular flexibility index (Phi) is 4.37. The van der Waals surface area contributed by atoms with Gasteiger partial charge < -0.3 is 4.90 Å². The van der Waals surface area contributed by atoms with Crippen LogP contribution in [-0.2, 0) is 0 Å². The smallest absolute Gasteiger partial charge is 0.254 e. The normalized spacial score (nSPS) is 15.4. The quantitative estimate of drug-likeness (QED) is 0.755. The molecular formula is C13H17ClN2O. The lowest BCUT2D eigenvalue weighted by Gasteiger charge is -2.37. The summed E-state index contributed by atoms with van der Waals surface area (Å²) in [4.78, 5) is 18.2. The highest BCUT2D eigenvalue weighted by molar-refractivity contribution is 6.17. The van der Waals surface area contributed by atoms with E-state index in [2.05, 4.69) is 4.98 Å². The van der Waals surface area contributed by atoms with Gasteiger partial charge in [0.25, 0.3) is 5.91 Å². The van der Waals surface area contributed by atoms with Crippen molar-refractivity contribution < 1.29 is 4.79 Å². The summed E-state index contributed by atoms with van der Waals surface area (Å²) in [5.41, 5.74) is 0.724. The molecule has 1 amide bonds. The molecule has 4 heteroatoms. The predicted molar refractivity (Wildman–Crippen MR) is 68.2 cm³/mol. The first-order chi connectivity index (χ1) is 8.33. The summed E-state index contributed by atoms with van der Waals surface area (Å²) in [6.07, 6.45) is 7.65. The van der Waals surface area contributed by atoms with Gasteiger partial charge in [-0.3, -0.25) is 9.78 Å². The van der Waals surface area contributed by atoms with Crippen molar-refractivity contribution in [2.24, 2.45) is 0 Å². The van der Waals surface area contributed by atoms with Crippen LogP contribution in [0.2, 0.25) is 0 Å². The Morgan fingerprint density at radius 2 is 2.12 bits per heavy atom. The molecule has 0 unspecified atom stereocenters. The van der Waals surface area contributed by atoms with Crippen LogP contribution in [0.4, 0.5) is 0 Å². The minimum atomic E-state index is 0.113. The third-order valence-electron chi connectivity index (χ3n) is 3.24. The van der Waals surface area contributed by atoms with E-state index in [0.29, 0.717) is 11.9 Å². The number of hydrogen-bond donors (Lipinski definition) is 0. The van der Waals surface area contributed by atoms with Crippen molar-refractivity contribution in [3.8, 4) is 0 Å². The monoisotopic (exact) mass is 252 g/mol. The van der Waals surface area contributed by atoms with E-state index in [1.54, 1.807) is 24.5 Å². The zero-order valence-electron chi connectivity index (χ0n) is 9.81. The summed E-state index contributed by atoms with van der Waals surface area (Å²) in [5, 5.41) is 0. The Bertz CT molecular complexity index is 365. The van der Waals surface area contributed by atoms with Crippen molar-refractivity contribution >= 4 is 17.5 Å². The number of carbonyl (C=O) groups excluding carboxylic acids is 1. The molecule has 0 aliphatic heterocycles. The largest absolute Gasteiger partial charge is 0.336 e. The molecule has 0 atom stereocenters. The molecule has 1 aliphatic rings. The number of rotatable bonds is 5. The highest BCUT2D eigenvalue weighted by Gasteiger charge is 2.28. The van der Waals surface area contributed by atoms with E-state index >= 15 is 0 Å². The molecule has 1 aromatic heterocycles. The Labute approximate surface area is 107 Å². The maximum atomic E-state index is 12.3. The maximum absolute atomic E-state index is 12.3. The fourth-order valence-electron chi connectivity index (χ4n) is 2.04. The van der Waals surface area contributed by atoms with Gasteiger partial charge in [-0.05, 0) is 37.8 Å². The van der Waals surface area contributed by atoms with E-state index in [0.717, 1.165) is 31.4 Å². The number of alkyl halides is 1. The third-order valence-corrected chi connectivity index (χ3v) is 3.50. The SMILES string of the molecule is O=C(c1ccncc1)N(CCCCl)C1CCC1. The lowest BCUT2D eigenvalue weighted by Crippen LogP contribution is -2.44.